The number of urea groups is 1. The molecule has 1 fully saturated rings. The molecular formula is C27H39BN4O3. The molecule has 8 heteroatoms. The van der Waals surface area contributed by atoms with Gasteiger partial charge in [0.1, 0.15) is 5.82 Å². The van der Waals surface area contributed by atoms with Crippen LogP contribution in [0, 0.1) is 6.92 Å². The van der Waals surface area contributed by atoms with Crippen LogP contribution in [0.4, 0.5) is 16.3 Å². The number of carbonyl (C=O) groups is 1. The molecule has 2 heterocycles. The Morgan fingerprint density at radius 2 is 1.51 bits per heavy atom. The minimum absolute atomic E-state index is 0. The van der Waals surface area contributed by atoms with Crippen LogP contribution in [-0.4, -0.2) is 34.1 Å². The molecule has 0 spiro atoms. The number of aryl methyl sites for hydroxylation is 1. The lowest BCUT2D eigenvalue weighted by Crippen LogP contribution is -2.41. The van der Waals surface area contributed by atoms with Crippen molar-refractivity contribution in [2.75, 3.05) is 10.6 Å². The van der Waals surface area contributed by atoms with Crippen molar-refractivity contribution in [2.24, 2.45) is 0 Å². The van der Waals surface area contributed by atoms with Crippen LogP contribution in [0.3, 0.4) is 0 Å². The maximum atomic E-state index is 12.9. The molecular weight excluding hydrogens is 439 g/mol. The van der Waals surface area contributed by atoms with E-state index in [-0.39, 0.29) is 14.3 Å². The van der Waals surface area contributed by atoms with Crippen molar-refractivity contribution < 1.29 is 17.0 Å². The van der Waals surface area contributed by atoms with Crippen LogP contribution in [-0.2, 0) is 14.7 Å². The van der Waals surface area contributed by atoms with E-state index in [0.29, 0.717) is 11.5 Å². The summed E-state index contributed by atoms with van der Waals surface area (Å²) in [4.78, 5) is 12.9. The fourth-order valence-electron chi connectivity index (χ4n) is 3.70. The average molecular weight is 478 g/mol. The van der Waals surface area contributed by atoms with Crippen LogP contribution >= 0.6 is 0 Å². The third-order valence-electron chi connectivity index (χ3n) is 6.69. The Bertz CT molecular complexity index is 1200. The Balaban J connectivity index is 0.00000241. The summed E-state index contributed by atoms with van der Waals surface area (Å²) in [6, 6.07) is 17.1. The van der Waals surface area contributed by atoms with Gasteiger partial charge in [0, 0.05) is 20.0 Å². The highest BCUT2D eigenvalue weighted by molar-refractivity contribution is 6.62. The Kier molecular flexibility index (Phi) is 6.32. The second-order valence-corrected chi connectivity index (χ2v) is 11.2. The lowest BCUT2D eigenvalue weighted by molar-refractivity contribution is 0.00578. The van der Waals surface area contributed by atoms with Crippen molar-refractivity contribution in [1.82, 2.24) is 9.78 Å². The molecule has 2 N–H and O–H groups in total. The number of nitrogens with zero attached hydrogens (tertiary/aromatic N) is 2. The van der Waals surface area contributed by atoms with E-state index in [2.05, 4.69) is 31.4 Å². The number of amides is 2. The molecule has 3 aromatic rings. The van der Waals surface area contributed by atoms with Gasteiger partial charge in [-0.2, -0.15) is 5.10 Å². The summed E-state index contributed by atoms with van der Waals surface area (Å²) in [5, 5.41) is 10.6. The summed E-state index contributed by atoms with van der Waals surface area (Å²) in [7, 11) is -0.442. The van der Waals surface area contributed by atoms with E-state index in [0.717, 1.165) is 22.4 Å². The smallest absolute Gasteiger partial charge is 0.399 e. The van der Waals surface area contributed by atoms with E-state index in [4.69, 9.17) is 14.4 Å². The predicted molar refractivity (Wildman–Crippen MR) is 146 cm³/mol. The first kappa shape index (κ1) is 25.0. The summed E-state index contributed by atoms with van der Waals surface area (Å²) < 4.78 is 14.0. The van der Waals surface area contributed by atoms with Crippen molar-refractivity contribution in [2.45, 2.75) is 72.0 Å². The van der Waals surface area contributed by atoms with Gasteiger partial charge in [0.05, 0.1) is 22.6 Å². The zero-order valence-electron chi connectivity index (χ0n) is 21.9. The quantitative estimate of drug-likeness (QED) is 0.457. The lowest BCUT2D eigenvalue weighted by Gasteiger charge is -2.32. The molecule has 1 aromatic heterocycles. The van der Waals surface area contributed by atoms with Gasteiger partial charge in [-0.15, -0.1) is 0 Å². The van der Waals surface area contributed by atoms with E-state index in [1.54, 1.807) is 4.68 Å². The van der Waals surface area contributed by atoms with Crippen molar-refractivity contribution in [1.29, 1.82) is 0 Å². The Hall–Kier alpha value is -3.10. The van der Waals surface area contributed by atoms with E-state index in [1.807, 2.05) is 89.2 Å². The van der Waals surface area contributed by atoms with Crippen LogP contribution in [0.25, 0.3) is 5.69 Å². The first-order valence-electron chi connectivity index (χ1n) is 12.0. The third-order valence-corrected chi connectivity index (χ3v) is 6.69. The molecule has 1 aliphatic heterocycles. The maximum Gasteiger partial charge on any atom is 0.494 e. The number of aromatic nitrogens is 2. The lowest BCUT2D eigenvalue weighted by atomic mass is 9.79. The highest BCUT2D eigenvalue weighted by Crippen LogP contribution is 2.36. The molecule has 1 aliphatic rings. The summed E-state index contributed by atoms with van der Waals surface area (Å²) in [6.07, 6.45) is 0. The van der Waals surface area contributed by atoms with Gasteiger partial charge >= 0.3 is 13.1 Å². The van der Waals surface area contributed by atoms with Gasteiger partial charge in [0.15, 0.2) is 0 Å². The van der Waals surface area contributed by atoms with E-state index in [1.165, 1.54) is 0 Å². The first-order chi connectivity index (χ1) is 16.2. The Labute approximate surface area is 211 Å². The number of nitrogens with one attached hydrogen (secondary N) is 2. The van der Waals surface area contributed by atoms with E-state index >= 15 is 0 Å². The third kappa shape index (κ3) is 5.28. The molecule has 2 aromatic carbocycles. The van der Waals surface area contributed by atoms with Crippen molar-refractivity contribution >= 4 is 30.1 Å². The molecule has 0 unspecified atom stereocenters. The van der Waals surface area contributed by atoms with Gasteiger partial charge in [0.2, 0.25) is 0 Å². The number of anilines is 2. The first-order valence-corrected chi connectivity index (χ1v) is 12.0. The highest BCUT2D eigenvalue weighted by Gasteiger charge is 2.51. The second-order valence-electron chi connectivity index (χ2n) is 11.2. The summed E-state index contributed by atoms with van der Waals surface area (Å²) in [5.41, 5.74) is 3.54. The SMILES string of the molecule is Cc1ccc(-n2nc(C(C)(C)C)cc2NC(=O)Nc2ccc(B3OC(C)(C)C(C)(C)O3)cc2)cc1.[HH].[HH]. The molecule has 0 atom stereocenters. The molecule has 0 radical (unpaired) electrons. The van der Waals surface area contributed by atoms with Crippen LogP contribution < -0.4 is 16.1 Å². The summed E-state index contributed by atoms with van der Waals surface area (Å²) >= 11 is 0. The van der Waals surface area contributed by atoms with Crippen molar-refractivity contribution in [3.63, 3.8) is 0 Å². The van der Waals surface area contributed by atoms with Crippen LogP contribution in [0.2, 0.25) is 0 Å². The van der Waals surface area contributed by atoms with Crippen molar-refractivity contribution in [3.8, 4) is 5.69 Å². The Morgan fingerprint density at radius 1 is 0.943 bits per heavy atom. The van der Waals surface area contributed by atoms with Crippen LogP contribution in [0.1, 0.15) is 62.6 Å². The Morgan fingerprint density at radius 3 is 2.06 bits per heavy atom. The monoisotopic (exact) mass is 478 g/mol. The molecule has 188 valence electrons. The molecule has 4 rings (SSSR count). The number of hydrogen-bond acceptors (Lipinski definition) is 4. The fourth-order valence-corrected chi connectivity index (χ4v) is 3.70. The molecule has 0 aliphatic carbocycles. The van der Waals surface area contributed by atoms with Gasteiger partial charge in [0.25, 0.3) is 0 Å². The minimum Gasteiger partial charge on any atom is -0.399 e. The van der Waals surface area contributed by atoms with Crippen LogP contribution in [0.15, 0.2) is 54.6 Å². The number of benzene rings is 2. The minimum atomic E-state index is -0.442. The number of rotatable bonds is 4. The normalized spacial score (nSPS) is 16.9. The molecule has 7 nitrogen and oxygen atoms in total. The van der Waals surface area contributed by atoms with E-state index < -0.39 is 18.3 Å². The zero-order chi connectivity index (χ0) is 25.6. The molecule has 0 saturated carbocycles. The fraction of sp³-hybridized carbons (Fsp3) is 0.407. The summed E-state index contributed by atoms with van der Waals surface area (Å²) in [6.45, 7) is 16.4. The van der Waals surface area contributed by atoms with Gasteiger partial charge < -0.3 is 14.6 Å². The van der Waals surface area contributed by atoms with Gasteiger partial charge in [-0.3, -0.25) is 5.32 Å². The number of hydrogen-bond donors (Lipinski definition) is 2. The maximum absolute atomic E-state index is 12.9. The second kappa shape index (κ2) is 8.84. The standard InChI is InChI=1S/C27H35BN4O3.2H2/c1-18-9-15-21(16-10-18)32-23(17-22(31-32)25(2,3)4)30-24(33)29-20-13-11-19(12-14-20)28-34-26(5,6)27(7,8)35-28;;/h9-17H,1-8H3,(H2,29,30,33);2*1H. The highest BCUT2D eigenvalue weighted by atomic mass is 16.7. The molecule has 1 saturated heterocycles. The zero-order valence-corrected chi connectivity index (χ0v) is 21.9. The molecule has 35 heavy (non-hydrogen) atoms. The average Bonchev–Trinajstić information content (AvgIpc) is 3.27. The number of carbonyl (C=O) groups excluding carboxylic acids is 1. The summed E-state index contributed by atoms with van der Waals surface area (Å²) in [5.74, 6) is 0.602. The van der Waals surface area contributed by atoms with Crippen molar-refractivity contribution in [3.05, 3.63) is 65.9 Å². The van der Waals surface area contributed by atoms with Crippen LogP contribution in [0.5, 0.6) is 0 Å². The topological polar surface area (TPSA) is 77.4 Å². The van der Waals surface area contributed by atoms with E-state index in [9.17, 15) is 4.79 Å². The molecule has 2 amide bonds. The largest absolute Gasteiger partial charge is 0.494 e. The van der Waals surface area contributed by atoms with Gasteiger partial charge in [-0.05, 0) is 64.3 Å². The predicted octanol–water partition coefficient (Wildman–Crippen LogP) is 5.91. The molecule has 0 bridgehead atoms. The van der Waals surface area contributed by atoms with Gasteiger partial charge in [-0.1, -0.05) is 50.6 Å². The van der Waals surface area contributed by atoms with Gasteiger partial charge in [-0.25, -0.2) is 9.48 Å².